The maximum Gasteiger partial charge on any atom is 0.303 e. The van der Waals surface area contributed by atoms with Gasteiger partial charge in [0.1, 0.15) is 0 Å². The first-order valence-corrected chi connectivity index (χ1v) is 14.4. The molecule has 0 amide bonds. The van der Waals surface area contributed by atoms with Crippen LogP contribution >= 0.6 is 0 Å². The van der Waals surface area contributed by atoms with Gasteiger partial charge in [0.25, 0.3) is 0 Å². The predicted octanol–water partition coefficient (Wildman–Crippen LogP) is 4.19. The Bertz CT molecular complexity index is 310. The molecule has 0 saturated heterocycles. The molecule has 0 aromatic heterocycles. The summed E-state index contributed by atoms with van der Waals surface area (Å²) in [6.45, 7) is 13.2. The number of carboxylic acids is 1. The van der Waals surface area contributed by atoms with Gasteiger partial charge in [0.15, 0.2) is 8.32 Å². The van der Waals surface area contributed by atoms with Crippen molar-refractivity contribution in [1.82, 2.24) is 0 Å². The van der Waals surface area contributed by atoms with Gasteiger partial charge in [0, 0.05) is 6.10 Å². The topological polar surface area (TPSA) is 46.5 Å². The number of hydrogen-bond donors (Lipinski definition) is 1. The molecule has 1 fully saturated rings. The van der Waals surface area contributed by atoms with Crippen LogP contribution in [0.15, 0.2) is 0 Å². The molecule has 0 aromatic carbocycles. The van der Waals surface area contributed by atoms with Crippen LogP contribution < -0.4 is 0 Å². The Hall–Kier alpha value is -0.136. The second-order valence-electron chi connectivity index (χ2n) is 7.95. The van der Waals surface area contributed by atoms with Gasteiger partial charge in [-0.3, -0.25) is 4.79 Å². The van der Waals surface area contributed by atoms with Gasteiger partial charge in [0.2, 0.25) is 0 Å². The van der Waals surface area contributed by atoms with Crippen molar-refractivity contribution >= 4 is 22.4 Å². The third-order valence-corrected chi connectivity index (χ3v) is 7.53. The van der Waals surface area contributed by atoms with Crippen LogP contribution in [0.3, 0.4) is 0 Å². The zero-order chi connectivity index (χ0) is 14.8. The van der Waals surface area contributed by atoms with Crippen molar-refractivity contribution in [3.63, 3.8) is 0 Å². The molecule has 1 unspecified atom stereocenters. The third kappa shape index (κ3) is 5.40. The molecule has 1 saturated carbocycles. The van der Waals surface area contributed by atoms with Gasteiger partial charge >= 0.3 is 5.97 Å². The first kappa shape index (κ1) is 16.9. The average Bonchev–Trinajstić information content (AvgIpc) is 2.15. The maximum atomic E-state index is 11.6. The van der Waals surface area contributed by atoms with Gasteiger partial charge in [-0.15, -0.1) is 0 Å². The molecule has 0 heterocycles. The zero-order valence-electron chi connectivity index (χ0n) is 13.3. The van der Waals surface area contributed by atoms with Gasteiger partial charge in [-0.2, -0.15) is 0 Å². The number of carboxylic acid groups (broad SMARTS) is 1. The lowest BCUT2D eigenvalue weighted by Gasteiger charge is -2.38. The first-order chi connectivity index (χ1) is 8.50. The quantitative estimate of drug-likeness (QED) is 0.775. The van der Waals surface area contributed by atoms with E-state index in [9.17, 15) is 9.90 Å². The third-order valence-electron chi connectivity index (χ3n) is 3.91. The molecule has 0 aromatic rings. The Labute approximate surface area is 119 Å². The van der Waals surface area contributed by atoms with Crippen molar-refractivity contribution in [2.75, 3.05) is 0 Å². The van der Waals surface area contributed by atoms with Gasteiger partial charge in [-0.1, -0.05) is 19.6 Å². The smallest absolute Gasteiger partial charge is 0.303 e. The zero-order valence-corrected chi connectivity index (χ0v) is 15.3. The Kier molecular flexibility index (Phi) is 5.43. The van der Waals surface area contributed by atoms with Crippen molar-refractivity contribution in [2.24, 2.45) is 5.92 Å². The van der Waals surface area contributed by atoms with Crippen LogP contribution in [0.2, 0.25) is 44.8 Å². The number of carbonyl (C=O) groups is 1. The van der Waals surface area contributed by atoms with E-state index in [2.05, 4.69) is 39.3 Å². The van der Waals surface area contributed by atoms with Crippen LogP contribution in [0.5, 0.6) is 0 Å². The van der Waals surface area contributed by atoms with E-state index in [1.165, 1.54) is 0 Å². The molecular weight excluding hydrogens is 272 g/mol. The largest absolute Gasteiger partial charge is 0.481 e. The Morgan fingerprint density at radius 3 is 1.84 bits per heavy atom. The van der Waals surface area contributed by atoms with Crippen LogP contribution in [-0.2, 0) is 9.22 Å². The average molecular weight is 303 g/mol. The van der Waals surface area contributed by atoms with E-state index in [0.717, 1.165) is 25.7 Å². The molecule has 1 atom stereocenters. The minimum atomic E-state index is -1.64. The van der Waals surface area contributed by atoms with Crippen LogP contribution in [0.1, 0.15) is 25.7 Å². The monoisotopic (exact) mass is 302 g/mol. The highest BCUT2D eigenvalue weighted by Crippen LogP contribution is 2.40. The summed E-state index contributed by atoms with van der Waals surface area (Å²) >= 11 is 0. The van der Waals surface area contributed by atoms with Gasteiger partial charge < -0.3 is 9.53 Å². The van der Waals surface area contributed by atoms with Crippen LogP contribution in [0.25, 0.3) is 0 Å². The summed E-state index contributed by atoms with van der Waals surface area (Å²) in [7, 11) is -3.10. The van der Waals surface area contributed by atoms with Crippen LogP contribution in [0, 0.1) is 5.92 Å². The maximum absolute atomic E-state index is 11.6. The van der Waals surface area contributed by atoms with Crippen molar-refractivity contribution in [3.8, 4) is 0 Å². The normalized spacial score (nSPS) is 27.1. The second kappa shape index (κ2) is 6.10. The molecule has 1 N–H and O–H groups in total. The fraction of sp³-hybridized carbons (Fsp3) is 0.929. The van der Waals surface area contributed by atoms with Crippen molar-refractivity contribution in [3.05, 3.63) is 0 Å². The summed E-state index contributed by atoms with van der Waals surface area (Å²) in [5, 5.41) is 9.52. The molecular formula is C14H30O3Si2. The number of hydrogen-bond acceptors (Lipinski definition) is 2. The summed E-state index contributed by atoms with van der Waals surface area (Å²) in [5.74, 6) is -0.209. The second-order valence-corrected chi connectivity index (χ2v) is 17.8. The summed E-state index contributed by atoms with van der Waals surface area (Å²) in [5.41, 5.74) is -0.0969. The summed E-state index contributed by atoms with van der Waals surface area (Å²) in [6, 6.07) is 0. The van der Waals surface area contributed by atoms with Gasteiger partial charge in [-0.25, -0.2) is 0 Å². The molecule has 0 spiro atoms. The van der Waals surface area contributed by atoms with E-state index >= 15 is 0 Å². The van der Waals surface area contributed by atoms with E-state index in [1.807, 2.05) is 0 Å². The molecule has 19 heavy (non-hydrogen) atoms. The Balaban J connectivity index is 2.59. The summed E-state index contributed by atoms with van der Waals surface area (Å²) in [6.07, 6.45) is 4.51. The fourth-order valence-electron chi connectivity index (χ4n) is 3.32. The van der Waals surface area contributed by atoms with E-state index < -0.39 is 22.4 Å². The minimum Gasteiger partial charge on any atom is -0.481 e. The predicted molar refractivity (Wildman–Crippen MR) is 84.9 cm³/mol. The molecule has 0 bridgehead atoms. The van der Waals surface area contributed by atoms with E-state index in [1.54, 1.807) is 0 Å². The molecule has 0 aliphatic heterocycles. The van der Waals surface area contributed by atoms with Crippen molar-refractivity contribution < 1.29 is 14.3 Å². The molecule has 1 rings (SSSR count). The van der Waals surface area contributed by atoms with Crippen LogP contribution in [0.4, 0.5) is 0 Å². The van der Waals surface area contributed by atoms with Gasteiger partial charge in [0.05, 0.1) is 13.6 Å². The van der Waals surface area contributed by atoms with Crippen molar-refractivity contribution in [2.45, 2.75) is 76.6 Å². The molecule has 5 heteroatoms. The summed E-state index contributed by atoms with van der Waals surface area (Å²) in [4.78, 5) is 11.6. The van der Waals surface area contributed by atoms with Gasteiger partial charge in [-0.05, 0) is 51.2 Å². The van der Waals surface area contributed by atoms with E-state index in [4.69, 9.17) is 4.43 Å². The molecule has 3 nitrogen and oxygen atoms in total. The van der Waals surface area contributed by atoms with E-state index in [-0.39, 0.29) is 5.54 Å². The highest BCUT2D eigenvalue weighted by atomic mass is 28.4. The SMILES string of the molecule is C[Si](C)(C)OC1CCC(C(C(=O)O)[Si](C)(C)C)CC1. The van der Waals surface area contributed by atoms with E-state index in [0.29, 0.717) is 12.0 Å². The minimum absolute atomic E-state index is 0.0969. The lowest BCUT2D eigenvalue weighted by molar-refractivity contribution is -0.138. The molecule has 1 aliphatic carbocycles. The fourth-order valence-corrected chi connectivity index (χ4v) is 7.04. The highest BCUT2D eigenvalue weighted by Gasteiger charge is 2.41. The first-order valence-electron chi connectivity index (χ1n) is 7.41. The molecule has 112 valence electrons. The lowest BCUT2D eigenvalue weighted by atomic mass is 9.85. The standard InChI is InChI=1S/C14H30O3Si2/c1-18(2,3)13(14(15)16)11-7-9-12(10-8-11)17-19(4,5)6/h11-13H,7-10H2,1-6H3,(H,15,16). The summed E-state index contributed by atoms with van der Waals surface area (Å²) < 4.78 is 6.16. The Morgan fingerprint density at radius 2 is 1.53 bits per heavy atom. The lowest BCUT2D eigenvalue weighted by Crippen LogP contribution is -2.41. The molecule has 0 radical (unpaired) electrons. The Morgan fingerprint density at radius 1 is 1.05 bits per heavy atom. The van der Waals surface area contributed by atoms with Crippen molar-refractivity contribution in [1.29, 1.82) is 0 Å². The highest BCUT2D eigenvalue weighted by molar-refractivity contribution is 6.80. The number of aliphatic carboxylic acids is 1. The number of rotatable bonds is 5. The molecule has 1 aliphatic rings. The van der Waals surface area contributed by atoms with Crippen LogP contribution in [-0.4, -0.2) is 33.6 Å².